The van der Waals surface area contributed by atoms with E-state index < -0.39 is 5.91 Å². The molecule has 4 heteroatoms. The average molecular weight is 255 g/mol. The second kappa shape index (κ2) is 5.44. The highest BCUT2D eigenvalue weighted by atomic mass is 16.1. The Bertz CT molecular complexity index is 581. The van der Waals surface area contributed by atoms with Crippen LogP contribution in [0.1, 0.15) is 15.9 Å². The van der Waals surface area contributed by atoms with E-state index in [0.717, 1.165) is 11.3 Å². The molecule has 4 N–H and O–H groups in total. The standard InChI is InChI=1S/C15H17N3O/c1-18(10-11-5-3-2-4-6-11)14-8-7-12(16)9-13(14)15(17)19/h2-9H,10,16H2,1H3,(H2,17,19). The number of hydrogen-bond donors (Lipinski definition) is 2. The molecule has 0 radical (unpaired) electrons. The molecule has 0 saturated heterocycles. The number of carbonyl (C=O) groups is 1. The molecular weight excluding hydrogens is 238 g/mol. The maximum atomic E-state index is 11.5. The number of hydrogen-bond acceptors (Lipinski definition) is 3. The van der Waals surface area contributed by atoms with Crippen molar-refractivity contribution in [2.75, 3.05) is 17.7 Å². The second-order valence-corrected chi connectivity index (χ2v) is 4.48. The molecule has 2 aromatic rings. The third kappa shape index (κ3) is 3.04. The normalized spacial score (nSPS) is 10.2. The number of benzene rings is 2. The topological polar surface area (TPSA) is 72.3 Å². The fourth-order valence-electron chi connectivity index (χ4n) is 2.03. The van der Waals surface area contributed by atoms with Crippen molar-refractivity contribution in [3.63, 3.8) is 0 Å². The van der Waals surface area contributed by atoms with E-state index in [4.69, 9.17) is 11.5 Å². The highest BCUT2D eigenvalue weighted by Crippen LogP contribution is 2.23. The molecule has 19 heavy (non-hydrogen) atoms. The molecule has 0 fully saturated rings. The monoisotopic (exact) mass is 255 g/mol. The molecule has 1 amide bonds. The highest BCUT2D eigenvalue weighted by molar-refractivity contribution is 5.99. The van der Waals surface area contributed by atoms with Gasteiger partial charge in [0, 0.05) is 25.0 Å². The van der Waals surface area contributed by atoms with Crippen LogP contribution in [0.5, 0.6) is 0 Å². The number of amides is 1. The Kier molecular flexibility index (Phi) is 3.71. The van der Waals surface area contributed by atoms with E-state index in [9.17, 15) is 4.79 Å². The minimum absolute atomic E-state index is 0.443. The van der Waals surface area contributed by atoms with Gasteiger partial charge in [-0.15, -0.1) is 0 Å². The quantitative estimate of drug-likeness (QED) is 0.821. The van der Waals surface area contributed by atoms with Gasteiger partial charge in [-0.05, 0) is 23.8 Å². The molecule has 2 aromatic carbocycles. The Morgan fingerprint density at radius 3 is 2.47 bits per heavy atom. The molecule has 0 saturated carbocycles. The van der Waals surface area contributed by atoms with Crippen LogP contribution in [-0.4, -0.2) is 13.0 Å². The van der Waals surface area contributed by atoms with Crippen LogP contribution in [0.3, 0.4) is 0 Å². The van der Waals surface area contributed by atoms with Gasteiger partial charge in [0.2, 0.25) is 0 Å². The van der Waals surface area contributed by atoms with E-state index >= 15 is 0 Å². The molecule has 0 aromatic heterocycles. The van der Waals surface area contributed by atoms with Crippen LogP contribution in [-0.2, 0) is 6.54 Å². The summed E-state index contributed by atoms with van der Waals surface area (Å²) in [5, 5.41) is 0. The van der Waals surface area contributed by atoms with Gasteiger partial charge in [0.1, 0.15) is 0 Å². The van der Waals surface area contributed by atoms with E-state index in [1.807, 2.05) is 48.3 Å². The first kappa shape index (κ1) is 13.0. The fourth-order valence-corrected chi connectivity index (χ4v) is 2.03. The van der Waals surface area contributed by atoms with Gasteiger partial charge in [-0.2, -0.15) is 0 Å². The van der Waals surface area contributed by atoms with Gasteiger partial charge in [0.25, 0.3) is 5.91 Å². The van der Waals surface area contributed by atoms with Crippen LogP contribution in [0.4, 0.5) is 11.4 Å². The third-order valence-corrected chi connectivity index (χ3v) is 2.96. The smallest absolute Gasteiger partial charge is 0.250 e. The van der Waals surface area contributed by atoms with Crippen LogP contribution in [0.2, 0.25) is 0 Å². The molecule has 0 heterocycles. The number of nitrogens with two attached hydrogens (primary N) is 2. The average Bonchev–Trinajstić information content (AvgIpc) is 2.39. The van der Waals surface area contributed by atoms with Crippen molar-refractivity contribution >= 4 is 17.3 Å². The SMILES string of the molecule is CN(Cc1ccccc1)c1ccc(N)cc1C(N)=O. The van der Waals surface area contributed by atoms with Crippen molar-refractivity contribution in [3.05, 3.63) is 59.7 Å². The number of primary amides is 1. The zero-order chi connectivity index (χ0) is 13.8. The third-order valence-electron chi connectivity index (χ3n) is 2.96. The van der Waals surface area contributed by atoms with Gasteiger partial charge < -0.3 is 16.4 Å². The van der Waals surface area contributed by atoms with Gasteiger partial charge in [0.15, 0.2) is 0 Å². The molecule has 4 nitrogen and oxygen atoms in total. The van der Waals surface area contributed by atoms with Crippen LogP contribution >= 0.6 is 0 Å². The predicted molar refractivity (Wildman–Crippen MR) is 77.9 cm³/mol. The molecule has 2 rings (SSSR count). The van der Waals surface area contributed by atoms with E-state index in [-0.39, 0.29) is 0 Å². The lowest BCUT2D eigenvalue weighted by Crippen LogP contribution is -2.22. The highest BCUT2D eigenvalue weighted by Gasteiger charge is 2.12. The summed E-state index contributed by atoms with van der Waals surface area (Å²) >= 11 is 0. The Balaban J connectivity index is 2.28. The Labute approximate surface area is 112 Å². The minimum Gasteiger partial charge on any atom is -0.399 e. The predicted octanol–water partition coefficient (Wildman–Crippen LogP) is 2.00. The molecular formula is C15H17N3O. The summed E-state index contributed by atoms with van der Waals surface area (Å²) in [7, 11) is 1.92. The lowest BCUT2D eigenvalue weighted by Gasteiger charge is -2.22. The maximum Gasteiger partial charge on any atom is 0.250 e. The first-order valence-corrected chi connectivity index (χ1v) is 6.02. The summed E-state index contributed by atoms with van der Waals surface area (Å²) in [5.74, 6) is -0.470. The van der Waals surface area contributed by atoms with E-state index in [1.165, 1.54) is 0 Å². The van der Waals surface area contributed by atoms with Crippen molar-refractivity contribution < 1.29 is 4.79 Å². The van der Waals surface area contributed by atoms with E-state index in [0.29, 0.717) is 17.8 Å². The van der Waals surface area contributed by atoms with E-state index in [1.54, 1.807) is 12.1 Å². The molecule has 0 unspecified atom stereocenters. The first-order chi connectivity index (χ1) is 9.08. The van der Waals surface area contributed by atoms with Gasteiger partial charge >= 0.3 is 0 Å². The largest absolute Gasteiger partial charge is 0.399 e. The van der Waals surface area contributed by atoms with Crippen LogP contribution < -0.4 is 16.4 Å². The molecule has 98 valence electrons. The Morgan fingerprint density at radius 2 is 1.84 bits per heavy atom. The Hall–Kier alpha value is -2.49. The maximum absolute atomic E-state index is 11.5. The second-order valence-electron chi connectivity index (χ2n) is 4.48. The minimum atomic E-state index is -0.470. The van der Waals surface area contributed by atoms with Crippen molar-refractivity contribution in [1.82, 2.24) is 0 Å². The molecule has 0 atom stereocenters. The molecule has 0 bridgehead atoms. The van der Waals surface area contributed by atoms with Gasteiger partial charge in [-0.3, -0.25) is 4.79 Å². The molecule has 0 aliphatic carbocycles. The zero-order valence-corrected chi connectivity index (χ0v) is 10.8. The van der Waals surface area contributed by atoms with Crippen LogP contribution in [0.15, 0.2) is 48.5 Å². The number of rotatable bonds is 4. The summed E-state index contributed by atoms with van der Waals surface area (Å²) in [5.41, 5.74) is 14.0. The molecule has 0 aliphatic rings. The van der Waals surface area contributed by atoms with Gasteiger partial charge in [-0.1, -0.05) is 30.3 Å². The summed E-state index contributed by atoms with van der Waals surface area (Å²) in [6, 6.07) is 15.2. The Morgan fingerprint density at radius 1 is 1.16 bits per heavy atom. The van der Waals surface area contributed by atoms with Crippen molar-refractivity contribution in [1.29, 1.82) is 0 Å². The lowest BCUT2D eigenvalue weighted by atomic mass is 10.1. The fraction of sp³-hybridized carbons (Fsp3) is 0.133. The number of carbonyl (C=O) groups excluding carboxylic acids is 1. The van der Waals surface area contributed by atoms with E-state index in [2.05, 4.69) is 0 Å². The first-order valence-electron chi connectivity index (χ1n) is 6.02. The lowest BCUT2D eigenvalue weighted by molar-refractivity contribution is 0.100. The summed E-state index contributed by atoms with van der Waals surface area (Å²) in [4.78, 5) is 13.5. The molecule has 0 aliphatic heterocycles. The summed E-state index contributed by atoms with van der Waals surface area (Å²) in [6.07, 6.45) is 0. The summed E-state index contributed by atoms with van der Waals surface area (Å²) < 4.78 is 0. The van der Waals surface area contributed by atoms with Crippen LogP contribution in [0, 0.1) is 0 Å². The van der Waals surface area contributed by atoms with Crippen molar-refractivity contribution in [3.8, 4) is 0 Å². The van der Waals surface area contributed by atoms with Crippen LogP contribution in [0.25, 0.3) is 0 Å². The zero-order valence-electron chi connectivity index (χ0n) is 10.8. The van der Waals surface area contributed by atoms with Gasteiger partial charge in [-0.25, -0.2) is 0 Å². The number of anilines is 2. The molecule has 0 spiro atoms. The van der Waals surface area contributed by atoms with Crippen molar-refractivity contribution in [2.24, 2.45) is 5.73 Å². The number of nitrogens with zero attached hydrogens (tertiary/aromatic N) is 1. The number of nitrogen functional groups attached to an aromatic ring is 1. The van der Waals surface area contributed by atoms with Gasteiger partial charge in [0.05, 0.1) is 5.56 Å². The summed E-state index contributed by atoms with van der Waals surface area (Å²) in [6.45, 7) is 0.699. The van der Waals surface area contributed by atoms with Crippen molar-refractivity contribution in [2.45, 2.75) is 6.54 Å².